The molecule has 0 aliphatic rings. The average molecular weight is 403 g/mol. The molecule has 3 aromatic rings. The Balaban J connectivity index is 1.69. The Kier molecular flexibility index (Phi) is 5.16. The molecule has 1 heterocycles. The lowest BCUT2D eigenvalue weighted by molar-refractivity contribution is 0.102. The van der Waals surface area contributed by atoms with Crippen LogP contribution in [0.3, 0.4) is 0 Å². The Bertz CT molecular complexity index is 872. The van der Waals surface area contributed by atoms with E-state index in [0.717, 1.165) is 21.2 Å². The van der Waals surface area contributed by atoms with Crippen molar-refractivity contribution in [3.8, 4) is 11.5 Å². The molecule has 0 bridgehead atoms. The Hall–Kier alpha value is -1.92. The van der Waals surface area contributed by atoms with Crippen LogP contribution in [-0.4, -0.2) is 21.7 Å². The van der Waals surface area contributed by atoms with Crippen LogP contribution >= 0.6 is 27.7 Å². The minimum atomic E-state index is 0.0208. The summed E-state index contributed by atoms with van der Waals surface area (Å²) in [4.78, 5) is 12.2. The average Bonchev–Trinajstić information content (AvgIpc) is 3.00. The molecule has 0 N–H and O–H groups in total. The molecule has 122 valence electrons. The maximum absolute atomic E-state index is 12.2. The van der Waals surface area contributed by atoms with Crippen molar-refractivity contribution < 1.29 is 9.21 Å². The maximum atomic E-state index is 12.2. The van der Waals surface area contributed by atoms with E-state index in [2.05, 4.69) is 32.2 Å². The first kappa shape index (κ1) is 16.9. The molecular formula is C18H15BrN2O2S. The number of carbonyl (C=O) groups excluding carboxylic acids is 1. The van der Waals surface area contributed by atoms with Gasteiger partial charge in [-0.15, -0.1) is 10.2 Å². The summed E-state index contributed by atoms with van der Waals surface area (Å²) in [5.74, 6) is 0.747. The molecule has 4 nitrogen and oxygen atoms in total. The smallest absolute Gasteiger partial charge is 0.277 e. The lowest BCUT2D eigenvalue weighted by Crippen LogP contribution is -2.02. The minimum absolute atomic E-state index is 0.0208. The van der Waals surface area contributed by atoms with Gasteiger partial charge >= 0.3 is 0 Å². The number of rotatable bonds is 5. The summed E-state index contributed by atoms with van der Waals surface area (Å²) in [6.45, 7) is 4.05. The molecule has 0 aliphatic carbocycles. The molecule has 3 rings (SSSR count). The van der Waals surface area contributed by atoms with Crippen LogP contribution in [-0.2, 0) is 0 Å². The molecule has 2 aromatic carbocycles. The molecule has 24 heavy (non-hydrogen) atoms. The van der Waals surface area contributed by atoms with Crippen molar-refractivity contribution in [3.63, 3.8) is 0 Å². The van der Waals surface area contributed by atoms with E-state index in [1.807, 2.05) is 38.1 Å². The van der Waals surface area contributed by atoms with Gasteiger partial charge in [-0.1, -0.05) is 57.0 Å². The van der Waals surface area contributed by atoms with Crippen molar-refractivity contribution in [3.05, 3.63) is 63.6 Å². The number of aromatic nitrogens is 2. The largest absolute Gasteiger partial charge is 0.411 e. The zero-order chi connectivity index (χ0) is 17.1. The van der Waals surface area contributed by atoms with Crippen molar-refractivity contribution in [2.24, 2.45) is 0 Å². The van der Waals surface area contributed by atoms with Crippen LogP contribution < -0.4 is 0 Å². The van der Waals surface area contributed by atoms with Gasteiger partial charge in [0, 0.05) is 15.6 Å². The fourth-order valence-corrected chi connectivity index (χ4v) is 3.41. The molecule has 0 atom stereocenters. The fourth-order valence-electron chi connectivity index (χ4n) is 2.36. The van der Waals surface area contributed by atoms with Gasteiger partial charge in [0.2, 0.25) is 5.89 Å². The summed E-state index contributed by atoms with van der Waals surface area (Å²) in [7, 11) is 0. The number of ketones is 1. The molecule has 1 aromatic heterocycles. The topological polar surface area (TPSA) is 56.0 Å². The van der Waals surface area contributed by atoms with Crippen LogP contribution in [0.1, 0.15) is 21.5 Å². The number of hydrogen-bond acceptors (Lipinski definition) is 5. The van der Waals surface area contributed by atoms with E-state index in [-0.39, 0.29) is 11.5 Å². The van der Waals surface area contributed by atoms with E-state index in [0.29, 0.717) is 16.7 Å². The van der Waals surface area contributed by atoms with Gasteiger partial charge in [-0.2, -0.15) is 0 Å². The SMILES string of the molecule is Cc1cc(C)cc(-c2nnc(SCC(=O)c3cccc(Br)c3)o2)c1. The number of aryl methyl sites for hydroxylation is 2. The molecule has 0 saturated heterocycles. The fraction of sp³-hybridized carbons (Fsp3) is 0.167. The van der Waals surface area contributed by atoms with E-state index >= 15 is 0 Å². The molecule has 0 aliphatic heterocycles. The second kappa shape index (κ2) is 7.32. The Morgan fingerprint density at radius 3 is 2.58 bits per heavy atom. The third-order valence-electron chi connectivity index (χ3n) is 3.35. The predicted molar refractivity (Wildman–Crippen MR) is 98.4 cm³/mol. The summed E-state index contributed by atoms with van der Waals surface area (Å²) >= 11 is 4.62. The lowest BCUT2D eigenvalue weighted by Gasteiger charge is -2.00. The number of halogens is 1. The van der Waals surface area contributed by atoms with Gasteiger partial charge in [-0.05, 0) is 38.1 Å². The number of thioether (sulfide) groups is 1. The molecule has 0 radical (unpaired) electrons. The van der Waals surface area contributed by atoms with Gasteiger partial charge < -0.3 is 4.42 Å². The van der Waals surface area contributed by atoms with E-state index in [1.54, 1.807) is 12.1 Å². The van der Waals surface area contributed by atoms with Crippen LogP contribution in [0.2, 0.25) is 0 Å². The number of hydrogen-bond donors (Lipinski definition) is 0. The van der Waals surface area contributed by atoms with Crippen LogP contribution in [0.5, 0.6) is 0 Å². The Labute approximate surface area is 152 Å². The standard InChI is InChI=1S/C18H15BrN2O2S/c1-11-6-12(2)8-14(7-11)17-20-21-18(23-17)24-10-16(22)13-4-3-5-15(19)9-13/h3-9H,10H2,1-2H3. The molecule has 6 heteroatoms. The molecular weight excluding hydrogens is 388 g/mol. The van der Waals surface area contributed by atoms with E-state index in [1.165, 1.54) is 11.8 Å². The third-order valence-corrected chi connectivity index (χ3v) is 4.66. The second-order valence-electron chi connectivity index (χ2n) is 5.47. The molecule has 0 amide bonds. The number of benzene rings is 2. The lowest BCUT2D eigenvalue weighted by atomic mass is 10.1. The first-order valence-electron chi connectivity index (χ1n) is 7.35. The van der Waals surface area contributed by atoms with Crippen molar-refractivity contribution in [2.45, 2.75) is 19.1 Å². The maximum Gasteiger partial charge on any atom is 0.277 e. The van der Waals surface area contributed by atoms with E-state index in [4.69, 9.17) is 4.42 Å². The number of carbonyl (C=O) groups is 1. The quantitative estimate of drug-likeness (QED) is 0.439. The van der Waals surface area contributed by atoms with Gasteiger partial charge in [0.25, 0.3) is 5.22 Å². The molecule has 0 unspecified atom stereocenters. The molecule has 0 saturated carbocycles. The summed E-state index contributed by atoms with van der Waals surface area (Å²) in [5.41, 5.74) is 3.83. The van der Waals surface area contributed by atoms with Crippen LogP contribution in [0.25, 0.3) is 11.5 Å². The highest BCUT2D eigenvalue weighted by Crippen LogP contribution is 2.25. The van der Waals surface area contributed by atoms with Gasteiger partial charge in [-0.25, -0.2) is 0 Å². The highest BCUT2D eigenvalue weighted by molar-refractivity contribution is 9.10. The van der Waals surface area contributed by atoms with Crippen molar-refractivity contribution in [1.82, 2.24) is 10.2 Å². The Morgan fingerprint density at radius 2 is 1.88 bits per heavy atom. The van der Waals surface area contributed by atoms with Gasteiger partial charge in [-0.3, -0.25) is 4.79 Å². The van der Waals surface area contributed by atoms with E-state index < -0.39 is 0 Å². The highest BCUT2D eigenvalue weighted by atomic mass is 79.9. The third kappa shape index (κ3) is 4.13. The minimum Gasteiger partial charge on any atom is -0.411 e. The van der Waals surface area contributed by atoms with Gasteiger partial charge in [0.1, 0.15) is 0 Å². The monoisotopic (exact) mass is 402 g/mol. The first-order valence-corrected chi connectivity index (χ1v) is 9.13. The van der Waals surface area contributed by atoms with Crippen molar-refractivity contribution in [2.75, 3.05) is 5.75 Å². The van der Waals surface area contributed by atoms with Crippen LogP contribution in [0, 0.1) is 13.8 Å². The van der Waals surface area contributed by atoms with Gasteiger partial charge in [0.05, 0.1) is 5.75 Å². The summed E-state index contributed by atoms with van der Waals surface area (Å²) in [6, 6.07) is 13.4. The number of Topliss-reactive ketones (excluding diaryl/α,β-unsaturated/α-hetero) is 1. The van der Waals surface area contributed by atoms with Crippen molar-refractivity contribution >= 4 is 33.5 Å². The summed E-state index contributed by atoms with van der Waals surface area (Å²) < 4.78 is 6.55. The van der Waals surface area contributed by atoms with E-state index in [9.17, 15) is 4.79 Å². The summed E-state index contributed by atoms with van der Waals surface area (Å²) in [6.07, 6.45) is 0. The molecule has 0 fully saturated rings. The summed E-state index contributed by atoms with van der Waals surface area (Å²) in [5, 5.41) is 8.49. The normalized spacial score (nSPS) is 10.8. The number of nitrogens with zero attached hydrogens (tertiary/aromatic N) is 2. The zero-order valence-electron chi connectivity index (χ0n) is 13.2. The van der Waals surface area contributed by atoms with Gasteiger partial charge in [0.15, 0.2) is 5.78 Å². The van der Waals surface area contributed by atoms with Crippen molar-refractivity contribution in [1.29, 1.82) is 0 Å². The second-order valence-corrected chi connectivity index (χ2v) is 7.31. The predicted octanol–water partition coefficient (Wildman–Crippen LogP) is 5.09. The highest BCUT2D eigenvalue weighted by Gasteiger charge is 2.13. The van der Waals surface area contributed by atoms with Crippen LogP contribution in [0.4, 0.5) is 0 Å². The Morgan fingerprint density at radius 1 is 1.12 bits per heavy atom. The first-order chi connectivity index (χ1) is 11.5. The zero-order valence-corrected chi connectivity index (χ0v) is 15.6. The van der Waals surface area contributed by atoms with Crippen LogP contribution in [0.15, 0.2) is 56.6 Å². The molecule has 0 spiro atoms.